The summed E-state index contributed by atoms with van der Waals surface area (Å²) in [5.41, 5.74) is 3.13. The number of halogens is 2. The van der Waals surface area contributed by atoms with Crippen LogP contribution in [0.2, 0.25) is 10.0 Å². The van der Waals surface area contributed by atoms with E-state index in [1.807, 2.05) is 44.2 Å². The number of aryl methyl sites for hydroxylation is 2. The molecule has 0 spiro atoms. The van der Waals surface area contributed by atoms with Gasteiger partial charge in [0, 0.05) is 6.20 Å². The Morgan fingerprint density at radius 2 is 1.79 bits per heavy atom. The van der Waals surface area contributed by atoms with Gasteiger partial charge in [0.2, 0.25) is 5.91 Å². The summed E-state index contributed by atoms with van der Waals surface area (Å²) in [6.45, 7) is 5.68. The fourth-order valence-electron chi connectivity index (χ4n) is 3.44. The summed E-state index contributed by atoms with van der Waals surface area (Å²) in [6, 6.07) is 14.6. The topological polar surface area (TPSA) is 76.9 Å². The Morgan fingerprint density at radius 3 is 2.48 bits per heavy atom. The van der Waals surface area contributed by atoms with Crippen LogP contribution in [-0.4, -0.2) is 25.7 Å². The zero-order valence-electron chi connectivity index (χ0n) is 18.1. The Morgan fingerprint density at radius 1 is 1.09 bits per heavy atom. The number of nitrogens with one attached hydrogen (secondary N) is 1. The largest absolute Gasteiger partial charge is 0.308 e. The van der Waals surface area contributed by atoms with E-state index in [4.69, 9.17) is 28.2 Å². The number of hydrogen-bond donors (Lipinski definition) is 1. The Balaban J connectivity index is 1.74. The molecule has 1 unspecified atom stereocenters. The van der Waals surface area contributed by atoms with Gasteiger partial charge in [-0.1, -0.05) is 53.2 Å². The van der Waals surface area contributed by atoms with Crippen LogP contribution >= 0.6 is 35.0 Å². The van der Waals surface area contributed by atoms with E-state index in [1.54, 1.807) is 23.6 Å². The second-order valence-corrected chi connectivity index (χ2v) is 9.78. The van der Waals surface area contributed by atoms with E-state index in [9.17, 15) is 9.59 Å². The predicted octanol–water partition coefficient (Wildman–Crippen LogP) is 5.82. The van der Waals surface area contributed by atoms with Gasteiger partial charge in [0.1, 0.15) is 0 Å². The fourth-order valence-corrected chi connectivity index (χ4v) is 4.79. The first-order valence-corrected chi connectivity index (χ1v) is 11.8. The molecule has 168 valence electrons. The van der Waals surface area contributed by atoms with Gasteiger partial charge in [0.05, 0.1) is 31.9 Å². The highest BCUT2D eigenvalue weighted by Crippen LogP contribution is 2.28. The van der Waals surface area contributed by atoms with Crippen LogP contribution in [0.1, 0.15) is 18.1 Å². The Hall–Kier alpha value is -2.87. The zero-order chi connectivity index (χ0) is 23.7. The highest BCUT2D eigenvalue weighted by Gasteiger charge is 2.21. The molecule has 4 aromatic rings. The van der Waals surface area contributed by atoms with Crippen molar-refractivity contribution in [3.05, 3.63) is 86.3 Å². The normalized spacial score (nSPS) is 12.0. The zero-order valence-corrected chi connectivity index (χ0v) is 20.4. The number of fused-ring (bicyclic) bond motifs is 1. The molecule has 0 fully saturated rings. The number of anilines is 1. The van der Waals surface area contributed by atoms with Crippen molar-refractivity contribution in [2.75, 3.05) is 5.32 Å². The Bertz CT molecular complexity index is 1420. The van der Waals surface area contributed by atoms with Crippen molar-refractivity contribution in [3.63, 3.8) is 0 Å². The number of hydrogen-bond acceptors (Lipinski definition) is 5. The standard InChI is InChI=1S/C24H20Cl2N4O2S/c1-13-8-14(2)10-17(9-13)30-23(32)18-6-4-5-7-20(18)28-24(30)33-15(3)22(31)29-21-19(26)11-16(25)12-27-21/h4-12,15H,1-3H3,(H,27,29,31). The third-order valence-electron chi connectivity index (χ3n) is 4.91. The lowest BCUT2D eigenvalue weighted by molar-refractivity contribution is -0.115. The molecule has 2 aromatic heterocycles. The minimum atomic E-state index is -0.594. The lowest BCUT2D eigenvalue weighted by Crippen LogP contribution is -2.26. The molecule has 2 aromatic carbocycles. The van der Waals surface area contributed by atoms with Gasteiger partial charge in [-0.15, -0.1) is 0 Å². The maximum Gasteiger partial charge on any atom is 0.266 e. The second-order valence-electron chi connectivity index (χ2n) is 7.63. The number of aromatic nitrogens is 3. The van der Waals surface area contributed by atoms with E-state index in [-0.39, 0.29) is 22.3 Å². The average molecular weight is 499 g/mol. The lowest BCUT2D eigenvalue weighted by Gasteiger charge is -2.17. The lowest BCUT2D eigenvalue weighted by atomic mass is 10.1. The summed E-state index contributed by atoms with van der Waals surface area (Å²) >= 11 is 13.2. The van der Waals surface area contributed by atoms with Crippen molar-refractivity contribution in [1.29, 1.82) is 0 Å². The predicted molar refractivity (Wildman–Crippen MR) is 135 cm³/mol. The smallest absolute Gasteiger partial charge is 0.266 e. The molecule has 0 aliphatic rings. The van der Waals surface area contributed by atoms with Gasteiger partial charge >= 0.3 is 0 Å². The molecular weight excluding hydrogens is 479 g/mol. The number of thioether (sulfide) groups is 1. The molecule has 0 saturated heterocycles. The minimum Gasteiger partial charge on any atom is -0.308 e. The molecular formula is C24H20Cl2N4O2S. The Labute approximate surface area is 205 Å². The van der Waals surface area contributed by atoms with Gasteiger partial charge in [0.15, 0.2) is 11.0 Å². The highest BCUT2D eigenvalue weighted by atomic mass is 35.5. The average Bonchev–Trinajstić information content (AvgIpc) is 2.75. The summed E-state index contributed by atoms with van der Waals surface area (Å²) in [5.74, 6) is -0.109. The molecule has 1 N–H and O–H groups in total. The number of nitrogens with zero attached hydrogens (tertiary/aromatic N) is 3. The van der Waals surface area contributed by atoms with Crippen LogP contribution in [0.4, 0.5) is 5.82 Å². The van der Waals surface area contributed by atoms with Gasteiger partial charge < -0.3 is 5.32 Å². The summed E-state index contributed by atoms with van der Waals surface area (Å²) < 4.78 is 1.56. The van der Waals surface area contributed by atoms with Crippen molar-refractivity contribution in [2.45, 2.75) is 31.2 Å². The summed E-state index contributed by atoms with van der Waals surface area (Å²) in [7, 11) is 0. The van der Waals surface area contributed by atoms with Gasteiger partial charge in [-0.05, 0) is 62.2 Å². The van der Waals surface area contributed by atoms with Gasteiger partial charge in [-0.2, -0.15) is 0 Å². The number of rotatable bonds is 5. The van der Waals surface area contributed by atoms with Crippen LogP contribution in [-0.2, 0) is 4.79 Å². The molecule has 1 amide bonds. The molecule has 2 heterocycles. The quantitative estimate of drug-likeness (QED) is 0.277. The van der Waals surface area contributed by atoms with E-state index < -0.39 is 5.25 Å². The van der Waals surface area contributed by atoms with Crippen LogP contribution in [0, 0.1) is 13.8 Å². The maximum atomic E-state index is 13.5. The van der Waals surface area contributed by atoms with E-state index in [0.29, 0.717) is 26.8 Å². The first-order valence-electron chi connectivity index (χ1n) is 10.1. The molecule has 0 aliphatic heterocycles. The highest BCUT2D eigenvalue weighted by molar-refractivity contribution is 8.00. The summed E-state index contributed by atoms with van der Waals surface area (Å²) in [6.07, 6.45) is 1.41. The molecule has 0 bridgehead atoms. The molecule has 0 radical (unpaired) electrons. The molecule has 33 heavy (non-hydrogen) atoms. The van der Waals surface area contributed by atoms with Gasteiger partial charge in [-0.25, -0.2) is 9.97 Å². The number of carbonyl (C=O) groups excluding carboxylic acids is 1. The van der Waals surface area contributed by atoms with Crippen LogP contribution in [0.25, 0.3) is 16.6 Å². The molecule has 0 saturated carbocycles. The van der Waals surface area contributed by atoms with E-state index in [1.165, 1.54) is 24.0 Å². The van der Waals surface area contributed by atoms with Crippen molar-refractivity contribution >= 4 is 57.6 Å². The maximum absolute atomic E-state index is 13.5. The van der Waals surface area contributed by atoms with Crippen LogP contribution < -0.4 is 10.9 Å². The second kappa shape index (κ2) is 9.55. The summed E-state index contributed by atoms with van der Waals surface area (Å²) in [5, 5.41) is 3.66. The number of pyridine rings is 1. The molecule has 0 aliphatic carbocycles. The van der Waals surface area contributed by atoms with Crippen LogP contribution in [0.3, 0.4) is 0 Å². The van der Waals surface area contributed by atoms with Crippen molar-refractivity contribution in [2.24, 2.45) is 0 Å². The van der Waals surface area contributed by atoms with E-state index in [0.717, 1.165) is 11.1 Å². The van der Waals surface area contributed by atoms with Crippen LogP contribution in [0.15, 0.2) is 64.7 Å². The molecule has 9 heteroatoms. The number of amides is 1. The molecule has 1 atom stereocenters. The number of carbonyl (C=O) groups is 1. The minimum absolute atomic E-state index is 0.192. The third-order valence-corrected chi connectivity index (χ3v) is 6.46. The van der Waals surface area contributed by atoms with Crippen molar-refractivity contribution in [3.8, 4) is 5.69 Å². The molecule has 4 rings (SSSR count). The first kappa shape index (κ1) is 23.3. The SMILES string of the molecule is Cc1cc(C)cc(-n2c(SC(C)C(=O)Nc3ncc(Cl)cc3Cl)nc3ccccc3c2=O)c1. The van der Waals surface area contributed by atoms with E-state index >= 15 is 0 Å². The fraction of sp³-hybridized carbons (Fsp3) is 0.167. The van der Waals surface area contributed by atoms with Crippen LogP contribution in [0.5, 0.6) is 0 Å². The number of para-hydroxylation sites is 1. The van der Waals surface area contributed by atoms with Gasteiger partial charge in [-0.3, -0.25) is 14.2 Å². The monoisotopic (exact) mass is 498 g/mol. The summed E-state index contributed by atoms with van der Waals surface area (Å²) in [4.78, 5) is 35.1. The number of benzene rings is 2. The first-order chi connectivity index (χ1) is 15.7. The molecule has 6 nitrogen and oxygen atoms in total. The third kappa shape index (κ3) is 5.05. The van der Waals surface area contributed by atoms with E-state index in [2.05, 4.69) is 10.3 Å². The van der Waals surface area contributed by atoms with Crippen molar-refractivity contribution < 1.29 is 4.79 Å². The van der Waals surface area contributed by atoms with Gasteiger partial charge in [0.25, 0.3) is 5.56 Å². The van der Waals surface area contributed by atoms with Crippen molar-refractivity contribution in [1.82, 2.24) is 14.5 Å². The Kier molecular flexibility index (Phi) is 6.74.